The Bertz CT molecular complexity index is 622. The molecule has 0 spiro atoms. The smallest absolute Gasteiger partial charge is 0.0184 e. The molecular formula is C22H24. The molecule has 112 valence electrons. The number of hydrogen-bond donors (Lipinski definition) is 0. The Morgan fingerprint density at radius 3 is 0.773 bits per heavy atom. The molecule has 3 rings (SSSR count). The molecule has 3 aromatic carbocycles. The van der Waals surface area contributed by atoms with Crippen molar-refractivity contribution in [3.63, 3.8) is 0 Å². The Morgan fingerprint density at radius 2 is 0.545 bits per heavy atom. The van der Waals surface area contributed by atoms with E-state index in [1.165, 1.54) is 33.4 Å². The van der Waals surface area contributed by atoms with Crippen LogP contribution in [0.5, 0.6) is 0 Å². The molecule has 0 N–H and O–H groups in total. The van der Waals surface area contributed by atoms with Crippen LogP contribution in [0.1, 0.15) is 25.0 Å². The van der Waals surface area contributed by atoms with Gasteiger partial charge in [0.25, 0.3) is 0 Å². The third-order valence-corrected chi connectivity index (χ3v) is 3.65. The van der Waals surface area contributed by atoms with Gasteiger partial charge in [0, 0.05) is 0 Å². The maximum Gasteiger partial charge on any atom is -0.0184 e. The van der Waals surface area contributed by atoms with Crippen molar-refractivity contribution in [2.75, 3.05) is 0 Å². The molecule has 0 saturated heterocycles. The zero-order valence-electron chi connectivity index (χ0n) is 13.9. The summed E-state index contributed by atoms with van der Waals surface area (Å²) in [5.74, 6) is 0. The summed E-state index contributed by atoms with van der Waals surface area (Å²) >= 11 is 0. The summed E-state index contributed by atoms with van der Waals surface area (Å²) < 4.78 is 0. The average molecular weight is 288 g/mol. The van der Waals surface area contributed by atoms with E-state index in [0.29, 0.717) is 0 Å². The second-order valence-electron chi connectivity index (χ2n) is 5.31. The Balaban J connectivity index is 0.000000847. The number of hydrogen-bond acceptors (Lipinski definition) is 0. The second-order valence-corrected chi connectivity index (χ2v) is 5.31. The first-order valence-corrected chi connectivity index (χ1v) is 7.96. The highest BCUT2D eigenvalue weighted by molar-refractivity contribution is 5.70. The first-order valence-electron chi connectivity index (χ1n) is 7.96. The van der Waals surface area contributed by atoms with E-state index in [1.807, 2.05) is 13.8 Å². The van der Waals surface area contributed by atoms with E-state index in [2.05, 4.69) is 86.6 Å². The largest absolute Gasteiger partial charge is 0.0683 e. The fourth-order valence-corrected chi connectivity index (χ4v) is 2.35. The van der Waals surface area contributed by atoms with Crippen LogP contribution in [0.25, 0.3) is 22.3 Å². The third-order valence-electron chi connectivity index (χ3n) is 3.65. The lowest BCUT2D eigenvalue weighted by Crippen LogP contribution is -1.81. The molecule has 3 aromatic rings. The van der Waals surface area contributed by atoms with Crippen molar-refractivity contribution in [3.05, 3.63) is 83.9 Å². The molecule has 0 bridgehead atoms. The van der Waals surface area contributed by atoms with Crippen molar-refractivity contribution in [1.29, 1.82) is 0 Å². The lowest BCUT2D eigenvalue weighted by atomic mass is 9.99. The molecule has 0 aliphatic heterocycles. The Kier molecular flexibility index (Phi) is 5.55. The quantitative estimate of drug-likeness (QED) is 0.494. The maximum atomic E-state index is 2.19. The molecule has 0 radical (unpaired) electrons. The van der Waals surface area contributed by atoms with E-state index < -0.39 is 0 Å². The molecule has 0 aliphatic carbocycles. The van der Waals surface area contributed by atoms with Crippen LogP contribution in [0, 0.1) is 13.8 Å². The molecule has 0 fully saturated rings. The van der Waals surface area contributed by atoms with Crippen LogP contribution in [0.3, 0.4) is 0 Å². The van der Waals surface area contributed by atoms with Gasteiger partial charge in [-0.15, -0.1) is 0 Å². The van der Waals surface area contributed by atoms with E-state index >= 15 is 0 Å². The lowest BCUT2D eigenvalue weighted by molar-refractivity contribution is 1.46. The summed E-state index contributed by atoms with van der Waals surface area (Å²) in [5, 5.41) is 0. The van der Waals surface area contributed by atoms with Crippen molar-refractivity contribution < 1.29 is 0 Å². The van der Waals surface area contributed by atoms with Crippen LogP contribution in [0.15, 0.2) is 72.8 Å². The standard InChI is InChI=1S/C20H18.C2H6/c1-15-3-7-17(8-4-15)19-11-13-20(14-12-19)18-9-5-16(2)6-10-18;1-2/h3-14H,1-2H3;1-2H3. The van der Waals surface area contributed by atoms with Gasteiger partial charge in [-0.05, 0) is 36.1 Å². The van der Waals surface area contributed by atoms with E-state index in [9.17, 15) is 0 Å². The first-order chi connectivity index (χ1) is 10.7. The molecular weight excluding hydrogens is 264 g/mol. The molecule has 0 saturated carbocycles. The van der Waals surface area contributed by atoms with Gasteiger partial charge < -0.3 is 0 Å². The fourth-order valence-electron chi connectivity index (χ4n) is 2.35. The molecule has 0 aromatic heterocycles. The highest BCUT2D eigenvalue weighted by Gasteiger charge is 2.00. The van der Waals surface area contributed by atoms with Gasteiger partial charge in [0.2, 0.25) is 0 Å². The van der Waals surface area contributed by atoms with Crippen molar-refractivity contribution in [1.82, 2.24) is 0 Å². The number of aryl methyl sites for hydroxylation is 2. The van der Waals surface area contributed by atoms with E-state index in [-0.39, 0.29) is 0 Å². The Labute approximate surface area is 134 Å². The zero-order chi connectivity index (χ0) is 15.9. The Morgan fingerprint density at radius 1 is 0.364 bits per heavy atom. The molecule has 0 heteroatoms. The zero-order valence-corrected chi connectivity index (χ0v) is 13.9. The van der Waals surface area contributed by atoms with Crippen molar-refractivity contribution >= 4 is 0 Å². The van der Waals surface area contributed by atoms with Gasteiger partial charge >= 0.3 is 0 Å². The van der Waals surface area contributed by atoms with Gasteiger partial charge in [-0.1, -0.05) is 97.8 Å². The molecule has 0 atom stereocenters. The topological polar surface area (TPSA) is 0 Å². The van der Waals surface area contributed by atoms with Crippen LogP contribution >= 0.6 is 0 Å². The molecule has 0 amide bonds. The minimum absolute atomic E-state index is 1.26. The minimum Gasteiger partial charge on any atom is -0.0683 e. The van der Waals surface area contributed by atoms with Gasteiger partial charge in [-0.25, -0.2) is 0 Å². The first kappa shape index (κ1) is 16.0. The van der Waals surface area contributed by atoms with Gasteiger partial charge in [0.15, 0.2) is 0 Å². The molecule has 0 unspecified atom stereocenters. The summed E-state index contributed by atoms with van der Waals surface area (Å²) in [5.41, 5.74) is 7.66. The molecule has 0 aliphatic rings. The highest BCUT2D eigenvalue weighted by Crippen LogP contribution is 2.25. The fraction of sp³-hybridized carbons (Fsp3) is 0.182. The monoisotopic (exact) mass is 288 g/mol. The second kappa shape index (κ2) is 7.61. The average Bonchev–Trinajstić information content (AvgIpc) is 2.58. The number of benzene rings is 3. The minimum atomic E-state index is 1.26. The predicted molar refractivity (Wildman–Crippen MR) is 98.1 cm³/mol. The summed E-state index contributed by atoms with van der Waals surface area (Å²) in [6.07, 6.45) is 0. The Hall–Kier alpha value is -2.34. The maximum absolute atomic E-state index is 2.19. The lowest BCUT2D eigenvalue weighted by Gasteiger charge is -2.06. The summed E-state index contributed by atoms with van der Waals surface area (Å²) in [6.45, 7) is 8.23. The van der Waals surface area contributed by atoms with Crippen molar-refractivity contribution in [3.8, 4) is 22.3 Å². The van der Waals surface area contributed by atoms with Crippen LogP contribution in [-0.4, -0.2) is 0 Å². The van der Waals surface area contributed by atoms with Crippen LogP contribution in [-0.2, 0) is 0 Å². The predicted octanol–water partition coefficient (Wildman–Crippen LogP) is 6.66. The molecule has 22 heavy (non-hydrogen) atoms. The van der Waals surface area contributed by atoms with Crippen LogP contribution in [0.4, 0.5) is 0 Å². The SMILES string of the molecule is CC.Cc1ccc(-c2ccc(-c3ccc(C)cc3)cc2)cc1. The third kappa shape index (κ3) is 3.85. The van der Waals surface area contributed by atoms with E-state index in [4.69, 9.17) is 0 Å². The normalized spacial score (nSPS) is 9.82. The summed E-state index contributed by atoms with van der Waals surface area (Å²) in [7, 11) is 0. The van der Waals surface area contributed by atoms with Crippen LogP contribution in [0.2, 0.25) is 0 Å². The van der Waals surface area contributed by atoms with Gasteiger partial charge in [0.05, 0.1) is 0 Å². The van der Waals surface area contributed by atoms with E-state index in [1.54, 1.807) is 0 Å². The van der Waals surface area contributed by atoms with Crippen molar-refractivity contribution in [2.24, 2.45) is 0 Å². The van der Waals surface area contributed by atoms with Gasteiger partial charge in [-0.3, -0.25) is 0 Å². The molecule has 0 nitrogen and oxygen atoms in total. The number of rotatable bonds is 2. The van der Waals surface area contributed by atoms with Gasteiger partial charge in [-0.2, -0.15) is 0 Å². The van der Waals surface area contributed by atoms with Crippen molar-refractivity contribution in [2.45, 2.75) is 27.7 Å². The summed E-state index contributed by atoms with van der Waals surface area (Å²) in [6, 6.07) is 26.1. The van der Waals surface area contributed by atoms with Crippen LogP contribution < -0.4 is 0 Å². The molecule has 0 heterocycles. The van der Waals surface area contributed by atoms with E-state index in [0.717, 1.165) is 0 Å². The van der Waals surface area contributed by atoms with Gasteiger partial charge in [0.1, 0.15) is 0 Å². The summed E-state index contributed by atoms with van der Waals surface area (Å²) in [4.78, 5) is 0. The highest BCUT2D eigenvalue weighted by atomic mass is 14.0.